The Bertz CT molecular complexity index is 968. The molecule has 0 aliphatic heterocycles. The lowest BCUT2D eigenvalue weighted by Crippen LogP contribution is -2.14. The van der Waals surface area contributed by atoms with Gasteiger partial charge in [0.25, 0.3) is 0 Å². The molecule has 0 saturated carbocycles. The fourth-order valence-corrected chi connectivity index (χ4v) is 2.75. The smallest absolute Gasteiger partial charge is 0.192 e. The fourth-order valence-electron chi connectivity index (χ4n) is 2.75. The lowest BCUT2D eigenvalue weighted by molar-refractivity contribution is 0.635. The van der Waals surface area contributed by atoms with Crippen LogP contribution in [-0.2, 0) is 6.54 Å². The summed E-state index contributed by atoms with van der Waals surface area (Å²) in [6.45, 7) is 10.7. The van der Waals surface area contributed by atoms with Crippen molar-refractivity contribution < 1.29 is 4.39 Å². The van der Waals surface area contributed by atoms with Crippen molar-refractivity contribution in [2.75, 3.05) is 0 Å². The van der Waals surface area contributed by atoms with Crippen LogP contribution in [0.2, 0.25) is 0 Å². The van der Waals surface area contributed by atoms with Gasteiger partial charge in [0.1, 0.15) is 0 Å². The van der Waals surface area contributed by atoms with Crippen molar-refractivity contribution >= 4 is 16.9 Å². The second-order valence-corrected chi connectivity index (χ2v) is 6.40. The van der Waals surface area contributed by atoms with Crippen LogP contribution in [0.4, 0.5) is 4.39 Å². The predicted octanol–water partition coefficient (Wildman–Crippen LogP) is 4.75. The van der Waals surface area contributed by atoms with Crippen molar-refractivity contribution in [3.63, 3.8) is 0 Å². The van der Waals surface area contributed by atoms with Gasteiger partial charge in [0, 0.05) is 6.54 Å². The molecule has 0 amide bonds. The van der Waals surface area contributed by atoms with Gasteiger partial charge in [-0.25, -0.2) is 13.9 Å². The van der Waals surface area contributed by atoms with Crippen LogP contribution in [0.5, 0.6) is 0 Å². The molecule has 3 rings (SSSR count). The van der Waals surface area contributed by atoms with E-state index in [1.807, 2.05) is 13.0 Å². The van der Waals surface area contributed by atoms with Gasteiger partial charge in [0.15, 0.2) is 11.5 Å². The molecule has 0 radical (unpaired) electrons. The van der Waals surface area contributed by atoms with Crippen LogP contribution in [0.25, 0.3) is 16.9 Å². The summed E-state index contributed by atoms with van der Waals surface area (Å²) in [6, 6.07) is 10.3. The number of hydrogen-bond acceptors (Lipinski definition) is 3. The first-order valence-corrected chi connectivity index (χ1v) is 8.69. The number of fused-ring (bicyclic) bond motifs is 1. The summed E-state index contributed by atoms with van der Waals surface area (Å²) in [6.07, 6.45) is 4.08. The number of aryl methyl sites for hydroxylation is 1. The molecule has 2 aromatic heterocycles. The molecular formula is C21H23FN4. The predicted molar refractivity (Wildman–Crippen MR) is 104 cm³/mol. The molecule has 0 aliphatic carbocycles. The summed E-state index contributed by atoms with van der Waals surface area (Å²) in [5.41, 5.74) is 5.72. The Morgan fingerprint density at radius 2 is 2.04 bits per heavy atom. The second kappa shape index (κ2) is 7.52. The highest BCUT2D eigenvalue weighted by Gasteiger charge is 2.14. The van der Waals surface area contributed by atoms with Crippen molar-refractivity contribution in [3.05, 3.63) is 77.5 Å². The zero-order valence-electron chi connectivity index (χ0n) is 15.4. The summed E-state index contributed by atoms with van der Waals surface area (Å²) >= 11 is 0. The minimum absolute atomic E-state index is 0.208. The van der Waals surface area contributed by atoms with E-state index in [0.717, 1.165) is 23.4 Å². The van der Waals surface area contributed by atoms with Gasteiger partial charge >= 0.3 is 0 Å². The Labute approximate surface area is 153 Å². The Balaban J connectivity index is 1.97. The molecule has 26 heavy (non-hydrogen) atoms. The largest absolute Gasteiger partial charge is 0.379 e. The zero-order valence-corrected chi connectivity index (χ0v) is 15.4. The SMILES string of the molecule is C=C(C)c1cc(C(=CCC)NCc2ccc(C)cc2)nc2c(F)cnn12. The third kappa shape index (κ3) is 3.67. The average molecular weight is 350 g/mol. The number of aromatic nitrogens is 3. The van der Waals surface area contributed by atoms with Crippen LogP contribution in [-0.4, -0.2) is 14.6 Å². The highest BCUT2D eigenvalue weighted by atomic mass is 19.1. The van der Waals surface area contributed by atoms with Gasteiger partial charge in [-0.2, -0.15) is 5.10 Å². The van der Waals surface area contributed by atoms with Crippen molar-refractivity contribution in [2.45, 2.75) is 33.7 Å². The molecular weight excluding hydrogens is 327 g/mol. The standard InChI is InChI=1S/C21H23FN4/c1-5-6-18(23-12-16-9-7-15(4)8-10-16)19-11-20(14(2)3)26-21(25-19)17(22)13-24-26/h6-11,13,23H,2,5,12H2,1,3-4H3. The molecule has 0 atom stereocenters. The number of benzene rings is 1. The Morgan fingerprint density at radius 3 is 2.69 bits per heavy atom. The van der Waals surface area contributed by atoms with Gasteiger partial charge < -0.3 is 5.32 Å². The van der Waals surface area contributed by atoms with E-state index < -0.39 is 5.82 Å². The Morgan fingerprint density at radius 1 is 1.31 bits per heavy atom. The number of rotatable bonds is 6. The second-order valence-electron chi connectivity index (χ2n) is 6.40. The van der Waals surface area contributed by atoms with Crippen molar-refractivity contribution in [1.82, 2.24) is 19.9 Å². The van der Waals surface area contributed by atoms with Crippen LogP contribution < -0.4 is 5.32 Å². The molecule has 0 aliphatic rings. The van der Waals surface area contributed by atoms with E-state index in [1.165, 1.54) is 21.8 Å². The molecule has 2 heterocycles. The first kappa shape index (κ1) is 17.9. The number of nitrogens with one attached hydrogen (secondary N) is 1. The summed E-state index contributed by atoms with van der Waals surface area (Å²) in [5.74, 6) is -0.441. The van der Waals surface area contributed by atoms with E-state index in [4.69, 9.17) is 0 Å². The van der Waals surface area contributed by atoms with Crippen molar-refractivity contribution in [3.8, 4) is 0 Å². The molecule has 0 fully saturated rings. The van der Waals surface area contributed by atoms with Crippen molar-refractivity contribution in [1.29, 1.82) is 0 Å². The minimum atomic E-state index is -0.441. The van der Waals surface area contributed by atoms with E-state index >= 15 is 0 Å². The van der Waals surface area contributed by atoms with E-state index in [9.17, 15) is 4.39 Å². The maximum Gasteiger partial charge on any atom is 0.192 e. The molecule has 1 N–H and O–H groups in total. The monoisotopic (exact) mass is 350 g/mol. The fraction of sp³-hybridized carbons (Fsp3) is 0.238. The highest BCUT2D eigenvalue weighted by molar-refractivity contribution is 5.69. The van der Waals surface area contributed by atoms with Crippen LogP contribution in [0.15, 0.2) is 49.2 Å². The number of allylic oxidation sites excluding steroid dienone is 2. The lowest BCUT2D eigenvalue weighted by Gasteiger charge is -2.13. The highest BCUT2D eigenvalue weighted by Crippen LogP contribution is 2.21. The molecule has 5 heteroatoms. The number of hydrogen-bond donors (Lipinski definition) is 1. The van der Waals surface area contributed by atoms with E-state index in [1.54, 1.807) is 0 Å². The van der Waals surface area contributed by atoms with Gasteiger partial charge in [0.05, 0.1) is 23.3 Å². The molecule has 0 bridgehead atoms. The summed E-state index contributed by atoms with van der Waals surface area (Å²) in [5, 5.41) is 7.50. The third-order valence-electron chi connectivity index (χ3n) is 4.15. The van der Waals surface area contributed by atoms with Gasteiger partial charge in [-0.15, -0.1) is 0 Å². The quantitative estimate of drug-likeness (QED) is 0.697. The summed E-state index contributed by atoms with van der Waals surface area (Å²) in [7, 11) is 0. The van der Waals surface area contributed by atoms with Crippen molar-refractivity contribution in [2.24, 2.45) is 0 Å². The zero-order chi connectivity index (χ0) is 18.7. The molecule has 0 saturated heterocycles. The maximum atomic E-state index is 14.1. The van der Waals surface area contributed by atoms with Gasteiger partial charge in [-0.1, -0.05) is 49.4 Å². The number of nitrogens with zero attached hydrogens (tertiary/aromatic N) is 3. The van der Waals surface area contributed by atoms with E-state index in [2.05, 4.69) is 66.2 Å². The Kier molecular flexibility index (Phi) is 5.16. The van der Waals surface area contributed by atoms with Gasteiger partial charge in [-0.3, -0.25) is 0 Å². The summed E-state index contributed by atoms with van der Waals surface area (Å²) in [4.78, 5) is 4.48. The van der Waals surface area contributed by atoms with E-state index in [-0.39, 0.29) is 5.65 Å². The Hall–Kier alpha value is -2.95. The molecule has 1 aromatic carbocycles. The normalized spacial score (nSPS) is 11.8. The number of halogens is 1. The molecule has 4 nitrogen and oxygen atoms in total. The summed E-state index contributed by atoms with van der Waals surface area (Å²) < 4.78 is 15.6. The third-order valence-corrected chi connectivity index (χ3v) is 4.15. The average Bonchev–Trinajstić information content (AvgIpc) is 3.00. The molecule has 0 unspecified atom stereocenters. The van der Waals surface area contributed by atoms with Crippen LogP contribution >= 0.6 is 0 Å². The van der Waals surface area contributed by atoms with Gasteiger partial charge in [-0.05, 0) is 37.5 Å². The molecule has 134 valence electrons. The molecule has 3 aromatic rings. The maximum absolute atomic E-state index is 14.1. The molecule has 0 spiro atoms. The first-order valence-electron chi connectivity index (χ1n) is 8.69. The van der Waals surface area contributed by atoms with Crippen LogP contribution in [0.3, 0.4) is 0 Å². The minimum Gasteiger partial charge on any atom is -0.379 e. The topological polar surface area (TPSA) is 42.2 Å². The van der Waals surface area contributed by atoms with Gasteiger partial charge in [0.2, 0.25) is 0 Å². The first-order chi connectivity index (χ1) is 12.5. The lowest BCUT2D eigenvalue weighted by atomic mass is 10.1. The van der Waals surface area contributed by atoms with Crippen LogP contribution in [0, 0.1) is 12.7 Å². The van der Waals surface area contributed by atoms with Crippen LogP contribution in [0.1, 0.15) is 42.8 Å². The van der Waals surface area contributed by atoms with E-state index in [0.29, 0.717) is 12.2 Å².